The zero-order chi connectivity index (χ0) is 12.3. The van der Waals surface area contributed by atoms with E-state index in [1.54, 1.807) is 0 Å². The van der Waals surface area contributed by atoms with Gasteiger partial charge in [0.2, 0.25) is 0 Å². The molecule has 1 saturated heterocycles. The summed E-state index contributed by atoms with van der Waals surface area (Å²) in [5, 5.41) is 0. The number of benzene rings is 1. The first-order valence-electron chi connectivity index (χ1n) is 6.42. The summed E-state index contributed by atoms with van der Waals surface area (Å²) in [7, 11) is 0. The van der Waals surface area contributed by atoms with Crippen molar-refractivity contribution in [2.24, 2.45) is 5.73 Å². The van der Waals surface area contributed by atoms with Crippen LogP contribution in [-0.2, 0) is 0 Å². The Morgan fingerprint density at radius 2 is 2.06 bits per heavy atom. The second kappa shape index (κ2) is 5.98. The Kier molecular flexibility index (Phi) is 4.60. The molecule has 1 heterocycles. The van der Waals surface area contributed by atoms with Crippen LogP contribution in [0.25, 0.3) is 0 Å². The molecule has 17 heavy (non-hydrogen) atoms. The van der Waals surface area contributed by atoms with Gasteiger partial charge in [0.05, 0.1) is 0 Å². The molecule has 0 aliphatic carbocycles. The fourth-order valence-electron chi connectivity index (χ4n) is 2.65. The lowest BCUT2D eigenvalue weighted by atomic mass is 10.0. The van der Waals surface area contributed by atoms with Gasteiger partial charge in [-0.3, -0.25) is 4.90 Å². The van der Waals surface area contributed by atoms with Crippen molar-refractivity contribution in [1.29, 1.82) is 0 Å². The van der Waals surface area contributed by atoms with Crippen LogP contribution < -0.4 is 5.73 Å². The van der Waals surface area contributed by atoms with Crippen molar-refractivity contribution in [1.82, 2.24) is 4.90 Å². The summed E-state index contributed by atoms with van der Waals surface area (Å²) < 4.78 is 1.19. The molecule has 0 radical (unpaired) electrons. The molecule has 1 aliphatic heterocycles. The van der Waals surface area contributed by atoms with Gasteiger partial charge in [0.15, 0.2) is 0 Å². The van der Waals surface area contributed by atoms with Gasteiger partial charge in [0.25, 0.3) is 0 Å². The largest absolute Gasteiger partial charge is 0.330 e. The van der Waals surface area contributed by atoms with Crippen LogP contribution in [0.2, 0.25) is 0 Å². The van der Waals surface area contributed by atoms with Gasteiger partial charge in [0.1, 0.15) is 0 Å². The van der Waals surface area contributed by atoms with Crippen LogP contribution in [0.5, 0.6) is 0 Å². The number of hydrogen-bond donors (Lipinski definition) is 1. The highest BCUT2D eigenvalue weighted by atomic mass is 79.9. The van der Waals surface area contributed by atoms with Gasteiger partial charge in [-0.05, 0) is 63.0 Å². The maximum absolute atomic E-state index is 5.77. The summed E-state index contributed by atoms with van der Waals surface area (Å²) in [6.07, 6.45) is 3.72. The average Bonchev–Trinajstić information content (AvgIpc) is 2.83. The minimum atomic E-state index is 0.509. The van der Waals surface area contributed by atoms with Crippen LogP contribution in [-0.4, -0.2) is 24.5 Å². The lowest BCUT2D eigenvalue weighted by Gasteiger charge is -2.28. The second-order valence-corrected chi connectivity index (χ2v) is 5.70. The van der Waals surface area contributed by atoms with Crippen LogP contribution >= 0.6 is 15.9 Å². The predicted octanol–water partition coefficient (Wildman–Crippen LogP) is 3.24. The van der Waals surface area contributed by atoms with Gasteiger partial charge in [-0.2, -0.15) is 0 Å². The Balaban J connectivity index is 2.21. The Morgan fingerprint density at radius 1 is 1.35 bits per heavy atom. The predicted molar refractivity (Wildman–Crippen MR) is 76.1 cm³/mol. The van der Waals surface area contributed by atoms with Crippen molar-refractivity contribution in [3.8, 4) is 0 Å². The van der Waals surface area contributed by atoms with Crippen molar-refractivity contribution >= 4 is 15.9 Å². The highest BCUT2D eigenvalue weighted by molar-refractivity contribution is 9.10. The first-order valence-corrected chi connectivity index (χ1v) is 7.22. The molecule has 0 amide bonds. The zero-order valence-electron chi connectivity index (χ0n) is 10.5. The van der Waals surface area contributed by atoms with E-state index in [9.17, 15) is 0 Å². The molecule has 2 rings (SSSR count). The molecular weight excluding hydrogens is 276 g/mol. The third kappa shape index (κ3) is 3.09. The molecule has 1 aromatic rings. The first-order chi connectivity index (χ1) is 8.22. The van der Waals surface area contributed by atoms with Crippen molar-refractivity contribution in [3.63, 3.8) is 0 Å². The van der Waals surface area contributed by atoms with E-state index in [0.29, 0.717) is 6.04 Å². The Hall–Kier alpha value is -0.380. The molecule has 0 saturated carbocycles. The summed E-state index contributed by atoms with van der Waals surface area (Å²) in [4.78, 5) is 2.58. The third-order valence-electron chi connectivity index (χ3n) is 3.59. The van der Waals surface area contributed by atoms with Crippen LogP contribution in [0.3, 0.4) is 0 Å². The highest BCUT2D eigenvalue weighted by Crippen LogP contribution is 2.29. The van der Waals surface area contributed by atoms with Crippen LogP contribution in [0, 0.1) is 6.92 Å². The highest BCUT2D eigenvalue weighted by Gasteiger charge is 2.22. The molecule has 1 aromatic carbocycles. The number of nitrogens with two attached hydrogens (primary N) is 1. The number of hydrogen-bond acceptors (Lipinski definition) is 2. The van der Waals surface area contributed by atoms with Crippen molar-refractivity contribution in [2.75, 3.05) is 19.6 Å². The smallest absolute Gasteiger partial charge is 0.0360 e. The molecule has 0 aromatic heterocycles. The molecule has 1 aliphatic rings. The van der Waals surface area contributed by atoms with E-state index in [4.69, 9.17) is 5.73 Å². The monoisotopic (exact) mass is 296 g/mol. The number of halogens is 1. The van der Waals surface area contributed by atoms with Gasteiger partial charge in [-0.25, -0.2) is 0 Å². The maximum Gasteiger partial charge on any atom is 0.0360 e. The zero-order valence-corrected chi connectivity index (χ0v) is 12.0. The van der Waals surface area contributed by atoms with Crippen molar-refractivity contribution < 1.29 is 0 Å². The number of nitrogens with zero attached hydrogens (tertiary/aromatic N) is 1. The Morgan fingerprint density at radius 3 is 2.65 bits per heavy atom. The molecule has 2 nitrogen and oxygen atoms in total. The average molecular weight is 297 g/mol. The van der Waals surface area contributed by atoms with Crippen LogP contribution in [0.4, 0.5) is 0 Å². The molecule has 94 valence electrons. The SMILES string of the molecule is Cc1cc(C(CCN)N2CCCC2)ccc1Br. The topological polar surface area (TPSA) is 29.3 Å². The lowest BCUT2D eigenvalue weighted by molar-refractivity contribution is 0.236. The summed E-state index contributed by atoms with van der Waals surface area (Å²) in [6.45, 7) is 5.35. The van der Waals surface area contributed by atoms with Crippen LogP contribution in [0.15, 0.2) is 22.7 Å². The molecule has 1 fully saturated rings. The first kappa shape index (κ1) is 13.1. The molecule has 1 atom stereocenters. The molecule has 0 spiro atoms. The van der Waals surface area contributed by atoms with Gasteiger partial charge in [0, 0.05) is 10.5 Å². The fraction of sp³-hybridized carbons (Fsp3) is 0.571. The van der Waals surface area contributed by atoms with Gasteiger partial charge in [-0.15, -0.1) is 0 Å². The minimum Gasteiger partial charge on any atom is -0.330 e. The van der Waals surface area contributed by atoms with Crippen molar-refractivity contribution in [3.05, 3.63) is 33.8 Å². The van der Waals surface area contributed by atoms with Gasteiger partial charge < -0.3 is 5.73 Å². The molecular formula is C14H21BrN2. The molecule has 2 N–H and O–H groups in total. The number of likely N-dealkylation sites (tertiary alicyclic amines) is 1. The van der Waals surface area contributed by atoms with E-state index < -0.39 is 0 Å². The Bertz CT molecular complexity index is 372. The normalized spacial score (nSPS) is 18.5. The van der Waals surface area contributed by atoms with Crippen LogP contribution in [0.1, 0.15) is 36.4 Å². The lowest BCUT2D eigenvalue weighted by Crippen LogP contribution is -2.27. The van der Waals surface area contributed by atoms with E-state index >= 15 is 0 Å². The van der Waals surface area contributed by atoms with E-state index in [-0.39, 0.29) is 0 Å². The minimum absolute atomic E-state index is 0.509. The quantitative estimate of drug-likeness (QED) is 0.924. The summed E-state index contributed by atoms with van der Waals surface area (Å²) in [6, 6.07) is 7.19. The Labute approximate surface area is 112 Å². The third-order valence-corrected chi connectivity index (χ3v) is 4.48. The van der Waals surface area contributed by atoms with Gasteiger partial charge >= 0.3 is 0 Å². The standard InChI is InChI=1S/C14H21BrN2/c1-11-10-12(4-5-13(11)15)14(6-7-16)17-8-2-3-9-17/h4-5,10,14H,2-3,6-9,16H2,1H3. The van der Waals surface area contributed by atoms with Gasteiger partial charge in [-0.1, -0.05) is 28.1 Å². The number of rotatable bonds is 4. The van der Waals surface area contributed by atoms with Crippen molar-refractivity contribution in [2.45, 2.75) is 32.2 Å². The van der Waals surface area contributed by atoms with E-state index in [0.717, 1.165) is 13.0 Å². The fourth-order valence-corrected chi connectivity index (χ4v) is 2.89. The summed E-state index contributed by atoms with van der Waals surface area (Å²) in [5.74, 6) is 0. The molecule has 0 bridgehead atoms. The van der Waals surface area contributed by atoms with E-state index in [2.05, 4.69) is 46.0 Å². The molecule has 3 heteroatoms. The van der Waals surface area contributed by atoms with E-state index in [1.807, 2.05) is 0 Å². The number of aryl methyl sites for hydroxylation is 1. The maximum atomic E-state index is 5.77. The summed E-state index contributed by atoms with van der Waals surface area (Å²) in [5.41, 5.74) is 8.49. The second-order valence-electron chi connectivity index (χ2n) is 4.84. The summed E-state index contributed by atoms with van der Waals surface area (Å²) >= 11 is 3.56. The van der Waals surface area contributed by atoms with E-state index in [1.165, 1.54) is 41.5 Å². The molecule has 1 unspecified atom stereocenters.